The molecule has 0 unspecified atom stereocenters. The number of anilines is 2. The zero-order valence-corrected chi connectivity index (χ0v) is 15.9. The molecule has 6 nitrogen and oxygen atoms in total. The van der Waals surface area contributed by atoms with Gasteiger partial charge in [0.15, 0.2) is 0 Å². The van der Waals surface area contributed by atoms with Crippen molar-refractivity contribution in [2.75, 3.05) is 17.8 Å². The Balaban J connectivity index is 2.13. The summed E-state index contributed by atoms with van der Waals surface area (Å²) < 4.78 is 15.5. The van der Waals surface area contributed by atoms with Crippen LogP contribution in [0, 0.1) is 0 Å². The summed E-state index contributed by atoms with van der Waals surface area (Å²) in [6, 6.07) is 10.8. The van der Waals surface area contributed by atoms with Crippen molar-refractivity contribution < 1.29 is 18.9 Å². The number of nitrogens with two attached hydrogens (primary N) is 1. The molecule has 22 heavy (non-hydrogen) atoms. The summed E-state index contributed by atoms with van der Waals surface area (Å²) in [5, 5.41) is 22.1. The van der Waals surface area contributed by atoms with Crippen LogP contribution in [-0.4, -0.2) is 47.8 Å². The first-order valence-corrected chi connectivity index (χ1v) is 13.9. The number of hydrogen-bond acceptors (Lipinski definition) is 7. The zero-order chi connectivity index (χ0) is 15.9. The topological polar surface area (TPSA) is 108 Å². The third kappa shape index (κ3) is 5.04. The standard InChI is InChI=1S/C13H14As2N2O4S/c16-10-5-8(1-3-12(10)18)14-15-9-2-4-13(19)11(6-9)17-7-21-22-20/h1-6,17-20H,7,16H2. The van der Waals surface area contributed by atoms with Crippen LogP contribution in [0.2, 0.25) is 0 Å². The van der Waals surface area contributed by atoms with E-state index in [0.29, 0.717) is 11.4 Å². The first-order valence-electron chi connectivity index (χ1n) is 6.10. The predicted molar refractivity (Wildman–Crippen MR) is 91.2 cm³/mol. The molecule has 0 fully saturated rings. The Kier molecular flexibility index (Phi) is 6.80. The number of hydrogen-bond donors (Lipinski definition) is 5. The molecule has 0 heterocycles. The van der Waals surface area contributed by atoms with Crippen molar-refractivity contribution in [3.8, 4) is 11.5 Å². The van der Waals surface area contributed by atoms with Crippen LogP contribution in [0.25, 0.3) is 0 Å². The van der Waals surface area contributed by atoms with Gasteiger partial charge in [0.1, 0.15) is 0 Å². The van der Waals surface area contributed by atoms with Gasteiger partial charge >= 0.3 is 143 Å². The van der Waals surface area contributed by atoms with Gasteiger partial charge in [-0.1, -0.05) is 0 Å². The van der Waals surface area contributed by atoms with Crippen LogP contribution >= 0.6 is 12.3 Å². The summed E-state index contributed by atoms with van der Waals surface area (Å²) in [6.07, 6.45) is 0. The Bertz CT molecular complexity index is 685. The van der Waals surface area contributed by atoms with E-state index in [1.165, 1.54) is 4.35 Å². The number of nitrogen functional groups attached to an aromatic ring is 1. The molecule has 0 aliphatic rings. The number of benzene rings is 2. The quantitative estimate of drug-likeness (QED) is 0.110. The van der Waals surface area contributed by atoms with Gasteiger partial charge in [0.25, 0.3) is 0 Å². The van der Waals surface area contributed by atoms with E-state index < -0.39 is 0 Å². The first kappa shape index (κ1) is 17.4. The van der Waals surface area contributed by atoms with Crippen LogP contribution in [0.1, 0.15) is 0 Å². The molecule has 0 radical (unpaired) electrons. The number of phenols is 2. The monoisotopic (exact) mass is 444 g/mol. The molecule has 0 amide bonds. The van der Waals surface area contributed by atoms with Crippen molar-refractivity contribution in [1.29, 1.82) is 0 Å². The van der Waals surface area contributed by atoms with Gasteiger partial charge in [0.2, 0.25) is 0 Å². The van der Waals surface area contributed by atoms with E-state index in [4.69, 9.17) is 14.5 Å². The van der Waals surface area contributed by atoms with Gasteiger partial charge < -0.3 is 0 Å². The molecule has 0 saturated heterocycles. The summed E-state index contributed by atoms with van der Waals surface area (Å²) in [5.41, 5.74) is 6.68. The van der Waals surface area contributed by atoms with E-state index in [9.17, 15) is 10.2 Å². The Morgan fingerprint density at radius 3 is 2.32 bits per heavy atom. The Hall–Kier alpha value is -0.973. The first-order chi connectivity index (χ1) is 10.6. The van der Waals surface area contributed by atoms with Crippen molar-refractivity contribution >= 4 is 58.7 Å². The van der Waals surface area contributed by atoms with Crippen LogP contribution < -0.4 is 19.8 Å². The molecule has 2 aromatic carbocycles. The second-order valence-corrected chi connectivity index (χ2v) is 11.9. The third-order valence-electron chi connectivity index (χ3n) is 2.65. The average Bonchev–Trinajstić information content (AvgIpc) is 2.51. The average molecular weight is 444 g/mol. The third-order valence-corrected chi connectivity index (χ3v) is 11.3. The van der Waals surface area contributed by atoms with Gasteiger partial charge in [0.05, 0.1) is 0 Å². The fraction of sp³-hybridized carbons (Fsp3) is 0.0769. The Labute approximate surface area is 143 Å². The molecule has 0 spiro atoms. The molecule has 0 aliphatic carbocycles. The van der Waals surface area contributed by atoms with Crippen LogP contribution in [0.4, 0.5) is 11.4 Å². The molecule has 2 aromatic rings. The van der Waals surface area contributed by atoms with E-state index >= 15 is 0 Å². The van der Waals surface area contributed by atoms with Crippen LogP contribution in [0.5, 0.6) is 11.5 Å². The molecular formula is C13H14As2N2O4S. The van der Waals surface area contributed by atoms with Crippen molar-refractivity contribution in [2.24, 2.45) is 0 Å². The number of aromatic hydroxyl groups is 2. The van der Waals surface area contributed by atoms with Crippen molar-refractivity contribution in [1.82, 2.24) is 0 Å². The van der Waals surface area contributed by atoms with Crippen LogP contribution in [0.3, 0.4) is 0 Å². The maximum absolute atomic E-state index is 9.77. The normalized spacial score (nSPS) is 11.0. The van der Waals surface area contributed by atoms with Gasteiger partial charge in [-0.3, -0.25) is 0 Å². The summed E-state index contributed by atoms with van der Waals surface area (Å²) in [4.78, 5) is 0. The minimum atomic E-state index is -0.0562. The van der Waals surface area contributed by atoms with Gasteiger partial charge in [-0.15, -0.1) is 0 Å². The summed E-state index contributed by atoms with van der Waals surface area (Å²) in [6.45, 7) is 0.0941. The van der Waals surface area contributed by atoms with E-state index in [-0.39, 0.29) is 56.8 Å². The maximum atomic E-state index is 9.77. The van der Waals surface area contributed by atoms with Crippen molar-refractivity contribution in [2.45, 2.75) is 0 Å². The van der Waals surface area contributed by atoms with Crippen molar-refractivity contribution in [3.63, 3.8) is 0 Å². The molecule has 0 aliphatic heterocycles. The molecule has 116 valence electrons. The molecule has 2 rings (SSSR count). The fourth-order valence-electron chi connectivity index (χ4n) is 1.58. The van der Waals surface area contributed by atoms with Crippen LogP contribution in [-0.2, 0) is 4.18 Å². The molecule has 0 aromatic heterocycles. The molecule has 0 saturated carbocycles. The second kappa shape index (κ2) is 8.60. The predicted octanol–water partition coefficient (Wildman–Crippen LogP) is 0.461. The number of rotatable bonds is 6. The minimum absolute atomic E-state index is 0.0467. The molecular weight excluding hydrogens is 430 g/mol. The molecule has 0 atom stereocenters. The second-order valence-electron chi connectivity index (χ2n) is 4.16. The number of nitrogens with one attached hydrogen (secondary N) is 1. The van der Waals surface area contributed by atoms with Gasteiger partial charge in [-0.25, -0.2) is 0 Å². The Morgan fingerprint density at radius 2 is 1.68 bits per heavy atom. The van der Waals surface area contributed by atoms with Gasteiger partial charge in [-0.2, -0.15) is 0 Å². The van der Waals surface area contributed by atoms with Crippen molar-refractivity contribution in [3.05, 3.63) is 36.4 Å². The van der Waals surface area contributed by atoms with E-state index in [2.05, 4.69) is 5.32 Å². The van der Waals surface area contributed by atoms with E-state index in [0.717, 1.165) is 4.35 Å². The number of phenolic OH excluding ortho intramolecular Hbond substituents is 2. The van der Waals surface area contributed by atoms with E-state index in [1.807, 2.05) is 24.3 Å². The molecule has 6 N–H and O–H groups in total. The molecule has 9 heteroatoms. The zero-order valence-electron chi connectivity index (χ0n) is 11.3. The Morgan fingerprint density at radius 1 is 1.05 bits per heavy atom. The fourth-order valence-corrected chi connectivity index (χ4v) is 8.80. The summed E-state index contributed by atoms with van der Waals surface area (Å²) in [5.74, 6) is 0.251. The summed E-state index contributed by atoms with van der Waals surface area (Å²) in [7, 11) is 0. The summed E-state index contributed by atoms with van der Waals surface area (Å²) >= 11 is 0.172. The van der Waals surface area contributed by atoms with Crippen LogP contribution in [0.15, 0.2) is 36.4 Å². The van der Waals surface area contributed by atoms with E-state index in [1.54, 1.807) is 12.1 Å². The van der Waals surface area contributed by atoms with Gasteiger partial charge in [0, 0.05) is 0 Å². The SMILES string of the molecule is Nc1cc([As]=[As]c2ccc(O)c(NCOSO)c2)ccc1O. The van der Waals surface area contributed by atoms with Gasteiger partial charge in [-0.05, 0) is 0 Å². The molecule has 0 bridgehead atoms.